The topological polar surface area (TPSA) is 78.8 Å². The Labute approximate surface area is 204 Å². The highest BCUT2D eigenvalue weighted by Gasteiger charge is 2.24. The summed E-state index contributed by atoms with van der Waals surface area (Å²) in [6, 6.07) is -0.0515. The van der Waals surface area contributed by atoms with E-state index in [-0.39, 0.29) is 17.7 Å². The lowest BCUT2D eigenvalue weighted by Gasteiger charge is -2.22. The number of amides is 1. The maximum atomic E-state index is 12.6. The molecule has 0 radical (unpaired) electrons. The first-order valence-electron chi connectivity index (χ1n) is 11.4. The van der Waals surface area contributed by atoms with E-state index in [4.69, 9.17) is 4.74 Å². The predicted octanol–water partition coefficient (Wildman–Crippen LogP) is 5.16. The van der Waals surface area contributed by atoms with Crippen LogP contribution in [0.4, 0.5) is 0 Å². The van der Waals surface area contributed by atoms with Gasteiger partial charge in [0.1, 0.15) is 11.7 Å². The quantitative estimate of drug-likeness (QED) is 0.500. The van der Waals surface area contributed by atoms with Gasteiger partial charge in [-0.05, 0) is 52.7 Å². The fraction of sp³-hybridized carbons (Fsp3) is 0.345. The molecule has 1 rings (SSSR count). The van der Waals surface area contributed by atoms with Crippen LogP contribution in [0.25, 0.3) is 0 Å². The highest BCUT2D eigenvalue weighted by atomic mass is 16.5. The van der Waals surface area contributed by atoms with E-state index in [2.05, 4.69) is 11.4 Å². The second-order valence-corrected chi connectivity index (χ2v) is 8.61. The zero-order valence-corrected chi connectivity index (χ0v) is 21.2. The van der Waals surface area contributed by atoms with Gasteiger partial charge in [-0.1, -0.05) is 90.1 Å². The minimum atomic E-state index is -1.42. The Kier molecular flexibility index (Phi) is 12.6. The average molecular weight is 466 g/mol. The second kappa shape index (κ2) is 14.9. The Morgan fingerprint density at radius 1 is 0.971 bits per heavy atom. The third-order valence-corrected chi connectivity index (χ3v) is 5.07. The molecule has 1 aliphatic rings. The Bertz CT molecular complexity index is 953. The van der Waals surface area contributed by atoms with E-state index in [0.29, 0.717) is 6.42 Å². The van der Waals surface area contributed by atoms with Gasteiger partial charge in [0.2, 0.25) is 0 Å². The molecular weight excluding hydrogens is 426 g/mol. The van der Waals surface area contributed by atoms with Crippen molar-refractivity contribution in [1.82, 2.24) is 5.32 Å². The number of carbonyl (C=O) groups is 1. The van der Waals surface area contributed by atoms with Crippen LogP contribution < -0.4 is 5.32 Å². The van der Waals surface area contributed by atoms with E-state index in [1.54, 1.807) is 43.4 Å². The average Bonchev–Trinajstić information content (AvgIpc) is 2.77. The van der Waals surface area contributed by atoms with Crippen molar-refractivity contribution in [3.05, 3.63) is 108 Å². The lowest BCUT2D eigenvalue weighted by Crippen LogP contribution is -2.35. The number of ether oxygens (including phenoxy) is 1. The number of aliphatic hydroxyl groups excluding tert-OH is 1. The predicted molar refractivity (Wildman–Crippen MR) is 141 cm³/mol. The number of nitrogens with one attached hydrogen (secondary N) is 1. The van der Waals surface area contributed by atoms with Crippen molar-refractivity contribution in [1.29, 1.82) is 0 Å². The van der Waals surface area contributed by atoms with Gasteiger partial charge < -0.3 is 20.3 Å². The molecule has 1 heterocycles. The Morgan fingerprint density at radius 2 is 1.65 bits per heavy atom. The Balaban J connectivity index is 3.21. The van der Waals surface area contributed by atoms with Crippen LogP contribution >= 0.6 is 0 Å². The molecule has 0 aliphatic carbocycles. The molecule has 0 spiro atoms. The van der Waals surface area contributed by atoms with Crippen LogP contribution in [0.15, 0.2) is 108 Å². The molecule has 0 bridgehead atoms. The van der Waals surface area contributed by atoms with Crippen LogP contribution in [0.1, 0.15) is 41.0 Å². The van der Waals surface area contributed by atoms with E-state index in [1.165, 1.54) is 13.2 Å². The van der Waals surface area contributed by atoms with Crippen molar-refractivity contribution in [3.63, 3.8) is 0 Å². The summed E-state index contributed by atoms with van der Waals surface area (Å²) >= 11 is 0. The molecule has 5 heteroatoms. The van der Waals surface area contributed by atoms with Crippen molar-refractivity contribution < 1.29 is 19.7 Å². The number of methoxy groups -OCH3 is 1. The van der Waals surface area contributed by atoms with Crippen molar-refractivity contribution in [2.45, 2.75) is 58.8 Å². The van der Waals surface area contributed by atoms with Gasteiger partial charge >= 0.3 is 0 Å². The smallest absolute Gasteiger partial charge is 0.286 e. The lowest BCUT2D eigenvalue weighted by molar-refractivity contribution is -0.121. The van der Waals surface area contributed by atoms with Crippen LogP contribution in [0, 0.1) is 0 Å². The first-order valence-corrected chi connectivity index (χ1v) is 11.4. The molecule has 5 nitrogen and oxygen atoms in total. The molecule has 3 unspecified atom stereocenters. The maximum Gasteiger partial charge on any atom is 0.286 e. The number of allylic oxidation sites excluding steroid dienone is 14. The zero-order valence-electron chi connectivity index (χ0n) is 21.2. The summed E-state index contributed by atoms with van der Waals surface area (Å²) in [4.78, 5) is 12.6. The molecule has 0 saturated carbocycles. The molecule has 0 fully saturated rings. The molecule has 1 aliphatic heterocycles. The molecule has 0 saturated heterocycles. The molecule has 3 atom stereocenters. The number of aliphatic hydroxyl groups is 2. The van der Waals surface area contributed by atoms with Gasteiger partial charge in [0.25, 0.3) is 5.91 Å². The molecule has 34 heavy (non-hydrogen) atoms. The monoisotopic (exact) mass is 465 g/mol. The highest BCUT2D eigenvalue weighted by Crippen LogP contribution is 2.14. The van der Waals surface area contributed by atoms with Crippen LogP contribution in [-0.2, 0) is 9.53 Å². The third kappa shape index (κ3) is 11.6. The standard InChI is InChI=1S/C29H39NO4/c1-22-13-9-10-17-27(31)29(5,33)20-11-7-8-14-24(3)21-26(34-6)28(32)30-25(4)19-18-23(2)16-12-15-22/h7-18,20-21,25,27,31,33H,19H2,1-6H3,(H,30,32). The van der Waals surface area contributed by atoms with Crippen LogP contribution in [0.5, 0.6) is 0 Å². The third-order valence-electron chi connectivity index (χ3n) is 5.07. The first-order chi connectivity index (χ1) is 16.0. The second-order valence-electron chi connectivity index (χ2n) is 8.61. The van der Waals surface area contributed by atoms with Crippen LogP contribution in [0.3, 0.4) is 0 Å². The Hall–Kier alpha value is -3.15. The van der Waals surface area contributed by atoms with E-state index in [9.17, 15) is 15.0 Å². The summed E-state index contributed by atoms with van der Waals surface area (Å²) in [6.07, 6.45) is 24.9. The van der Waals surface area contributed by atoms with Crippen molar-refractivity contribution >= 4 is 5.91 Å². The fourth-order valence-electron chi connectivity index (χ4n) is 2.86. The zero-order chi connectivity index (χ0) is 25.6. The summed E-state index contributed by atoms with van der Waals surface area (Å²) in [6.45, 7) is 9.35. The van der Waals surface area contributed by atoms with E-state index >= 15 is 0 Å². The molecule has 184 valence electrons. The van der Waals surface area contributed by atoms with Crippen molar-refractivity contribution in [2.24, 2.45) is 0 Å². The summed E-state index contributed by atoms with van der Waals surface area (Å²) in [5.74, 6) is -0.0442. The molecule has 0 aromatic heterocycles. The van der Waals surface area contributed by atoms with Gasteiger partial charge in [-0.15, -0.1) is 0 Å². The Morgan fingerprint density at radius 3 is 2.35 bits per heavy atom. The number of hydrogen-bond acceptors (Lipinski definition) is 4. The summed E-state index contributed by atoms with van der Waals surface area (Å²) in [5, 5.41) is 23.7. The molecular formula is C29H39NO4. The van der Waals surface area contributed by atoms with Gasteiger partial charge in [0.15, 0.2) is 5.76 Å². The van der Waals surface area contributed by atoms with E-state index in [1.807, 2.05) is 64.2 Å². The number of hydrogen-bond donors (Lipinski definition) is 3. The minimum Gasteiger partial charge on any atom is -0.491 e. The number of rotatable bonds is 1. The largest absolute Gasteiger partial charge is 0.491 e. The highest BCUT2D eigenvalue weighted by molar-refractivity contribution is 5.92. The normalized spacial score (nSPS) is 26.1. The molecule has 0 aromatic rings. The van der Waals surface area contributed by atoms with Gasteiger partial charge in [-0.3, -0.25) is 4.79 Å². The fourth-order valence-corrected chi connectivity index (χ4v) is 2.86. The maximum absolute atomic E-state index is 12.6. The summed E-state index contributed by atoms with van der Waals surface area (Å²) in [7, 11) is 1.47. The van der Waals surface area contributed by atoms with Crippen molar-refractivity contribution in [3.8, 4) is 0 Å². The molecule has 1 amide bonds. The van der Waals surface area contributed by atoms with E-state index < -0.39 is 11.7 Å². The van der Waals surface area contributed by atoms with Gasteiger partial charge in [0, 0.05) is 6.04 Å². The van der Waals surface area contributed by atoms with E-state index in [0.717, 1.165) is 16.7 Å². The first kappa shape index (κ1) is 28.9. The van der Waals surface area contributed by atoms with Gasteiger partial charge in [-0.2, -0.15) is 0 Å². The van der Waals surface area contributed by atoms with Crippen molar-refractivity contribution in [2.75, 3.05) is 7.11 Å². The summed E-state index contributed by atoms with van der Waals surface area (Å²) in [5.41, 5.74) is 1.54. The SMILES string of the molecule is COC1=CC(C)=CC=CC=CC(C)(O)C(O)C=CC=CC(C)=CC=CC(C)=CCC(C)NC1=O. The van der Waals surface area contributed by atoms with Gasteiger partial charge in [0.05, 0.1) is 7.11 Å². The number of carbonyl (C=O) groups excluding carboxylic acids is 1. The molecule has 3 N–H and O–H groups in total. The molecule has 0 aromatic carbocycles. The van der Waals surface area contributed by atoms with Crippen LogP contribution in [-0.4, -0.2) is 41.0 Å². The van der Waals surface area contributed by atoms with Crippen LogP contribution in [0.2, 0.25) is 0 Å². The lowest BCUT2D eigenvalue weighted by atomic mass is 9.98. The van der Waals surface area contributed by atoms with Gasteiger partial charge in [-0.25, -0.2) is 0 Å². The minimum absolute atomic E-state index is 0.0515. The summed E-state index contributed by atoms with van der Waals surface area (Å²) < 4.78 is 5.28.